The van der Waals surface area contributed by atoms with Crippen molar-refractivity contribution >= 4 is 16.9 Å². The predicted molar refractivity (Wildman–Crippen MR) is 115 cm³/mol. The van der Waals surface area contributed by atoms with Gasteiger partial charge in [-0.15, -0.1) is 0 Å². The third kappa shape index (κ3) is 4.18. The van der Waals surface area contributed by atoms with Gasteiger partial charge in [0.1, 0.15) is 0 Å². The van der Waals surface area contributed by atoms with E-state index in [2.05, 4.69) is 58.2 Å². The van der Waals surface area contributed by atoms with Crippen LogP contribution in [0.15, 0.2) is 29.3 Å². The number of aliphatic imine (C=N–C) groups is 1. The van der Waals surface area contributed by atoms with Crippen LogP contribution in [0.5, 0.6) is 0 Å². The zero-order chi connectivity index (χ0) is 19.3. The Labute approximate surface area is 167 Å². The summed E-state index contributed by atoms with van der Waals surface area (Å²) in [5.41, 5.74) is 3.87. The highest BCUT2D eigenvalue weighted by Crippen LogP contribution is 2.22. The maximum Gasteiger partial charge on any atom is 0.193 e. The quantitative estimate of drug-likeness (QED) is 0.615. The molecule has 0 amide bonds. The Bertz CT molecular complexity index is 808. The summed E-state index contributed by atoms with van der Waals surface area (Å²) >= 11 is 0. The summed E-state index contributed by atoms with van der Waals surface area (Å²) in [4.78, 5) is 13.5. The first-order valence-electron chi connectivity index (χ1n) is 10.7. The maximum atomic E-state index is 5.51. The molecule has 0 spiro atoms. The number of para-hydroxylation sites is 1. The molecule has 2 saturated heterocycles. The molecule has 1 unspecified atom stereocenters. The second kappa shape index (κ2) is 8.97. The normalized spacial score (nSPS) is 21.6. The Kier molecular flexibility index (Phi) is 6.17. The molecule has 0 aliphatic carbocycles. The van der Waals surface area contributed by atoms with E-state index in [9.17, 15) is 0 Å². The topological polar surface area (TPSA) is 55.9 Å². The van der Waals surface area contributed by atoms with Crippen LogP contribution in [0.2, 0.25) is 0 Å². The van der Waals surface area contributed by atoms with Crippen LogP contribution in [0, 0.1) is 6.92 Å². The number of nitrogens with one attached hydrogen (secondary N) is 2. The Morgan fingerprint density at radius 2 is 2.07 bits per heavy atom. The highest BCUT2D eigenvalue weighted by Gasteiger charge is 2.30. The fraction of sp³-hybridized carbons (Fsp3) is 0.591. The molecule has 2 fully saturated rings. The molecule has 2 aromatic rings. The maximum absolute atomic E-state index is 5.51. The SMILES string of the molecule is CCNC(=NCCc1c(C)[nH]c2ccccc12)N1CCC(N2CCOCC2)C1. The van der Waals surface area contributed by atoms with E-state index in [0.29, 0.717) is 6.04 Å². The Morgan fingerprint density at radius 3 is 2.89 bits per heavy atom. The summed E-state index contributed by atoms with van der Waals surface area (Å²) in [5, 5.41) is 4.83. The van der Waals surface area contributed by atoms with E-state index in [0.717, 1.165) is 64.9 Å². The van der Waals surface area contributed by atoms with E-state index in [1.165, 1.54) is 28.6 Å². The Morgan fingerprint density at radius 1 is 1.25 bits per heavy atom. The number of aryl methyl sites for hydroxylation is 1. The summed E-state index contributed by atoms with van der Waals surface area (Å²) in [6, 6.07) is 9.18. The molecule has 4 rings (SSSR count). The van der Waals surface area contributed by atoms with Crippen molar-refractivity contribution < 1.29 is 4.74 Å². The first kappa shape index (κ1) is 19.3. The van der Waals surface area contributed by atoms with Crippen molar-refractivity contribution in [2.75, 3.05) is 52.5 Å². The van der Waals surface area contributed by atoms with Crippen molar-refractivity contribution in [2.24, 2.45) is 4.99 Å². The van der Waals surface area contributed by atoms with E-state index < -0.39 is 0 Å². The van der Waals surface area contributed by atoms with Crippen molar-refractivity contribution in [3.63, 3.8) is 0 Å². The van der Waals surface area contributed by atoms with Gasteiger partial charge in [-0.2, -0.15) is 0 Å². The Balaban J connectivity index is 1.40. The molecule has 3 heterocycles. The molecule has 1 aromatic heterocycles. The van der Waals surface area contributed by atoms with Crippen LogP contribution in [-0.4, -0.2) is 79.3 Å². The van der Waals surface area contributed by atoms with Crippen LogP contribution in [0.1, 0.15) is 24.6 Å². The third-order valence-corrected chi connectivity index (χ3v) is 6.01. The first-order chi connectivity index (χ1) is 13.8. The molecule has 28 heavy (non-hydrogen) atoms. The van der Waals surface area contributed by atoms with Crippen molar-refractivity contribution in [3.05, 3.63) is 35.5 Å². The predicted octanol–water partition coefficient (Wildman–Crippen LogP) is 2.39. The molecule has 2 aliphatic heterocycles. The molecule has 6 heteroatoms. The molecule has 1 aromatic carbocycles. The average molecular weight is 384 g/mol. The number of benzene rings is 1. The Hall–Kier alpha value is -2.05. The number of aromatic amines is 1. The van der Waals surface area contributed by atoms with Crippen LogP contribution in [0.3, 0.4) is 0 Å². The molecule has 0 saturated carbocycles. The minimum atomic E-state index is 0.628. The molecule has 6 nitrogen and oxygen atoms in total. The van der Waals surface area contributed by atoms with E-state index in [4.69, 9.17) is 9.73 Å². The fourth-order valence-electron chi connectivity index (χ4n) is 4.53. The smallest absolute Gasteiger partial charge is 0.193 e. The monoisotopic (exact) mass is 383 g/mol. The largest absolute Gasteiger partial charge is 0.379 e. The number of nitrogens with zero attached hydrogens (tertiary/aromatic N) is 3. The highest BCUT2D eigenvalue weighted by molar-refractivity contribution is 5.84. The van der Waals surface area contributed by atoms with Crippen LogP contribution in [0.25, 0.3) is 10.9 Å². The van der Waals surface area contributed by atoms with Gasteiger partial charge in [0, 0.05) is 61.9 Å². The lowest BCUT2D eigenvalue weighted by Crippen LogP contribution is -2.46. The van der Waals surface area contributed by atoms with Gasteiger partial charge in [0.15, 0.2) is 5.96 Å². The van der Waals surface area contributed by atoms with E-state index in [1.54, 1.807) is 0 Å². The zero-order valence-electron chi connectivity index (χ0n) is 17.2. The standard InChI is InChI=1S/C22H33N5O/c1-3-23-22(27-11-9-18(16-27)26-12-14-28-15-13-26)24-10-8-19-17(2)25-21-7-5-4-6-20(19)21/h4-7,18,25H,3,8-16H2,1-2H3,(H,23,24). The summed E-state index contributed by atoms with van der Waals surface area (Å²) in [6.07, 6.45) is 2.18. The number of rotatable bonds is 5. The van der Waals surface area contributed by atoms with Crippen LogP contribution >= 0.6 is 0 Å². The number of fused-ring (bicyclic) bond motifs is 1. The summed E-state index contributed by atoms with van der Waals surface area (Å²) in [7, 11) is 0. The van der Waals surface area contributed by atoms with Gasteiger partial charge in [-0.05, 0) is 38.3 Å². The molecule has 2 aliphatic rings. The molecular weight excluding hydrogens is 350 g/mol. The van der Waals surface area contributed by atoms with Gasteiger partial charge in [-0.25, -0.2) is 0 Å². The summed E-state index contributed by atoms with van der Waals surface area (Å²) < 4.78 is 5.51. The van der Waals surface area contributed by atoms with E-state index >= 15 is 0 Å². The molecule has 152 valence electrons. The van der Waals surface area contributed by atoms with Crippen molar-refractivity contribution in [1.29, 1.82) is 0 Å². The number of morpholine rings is 1. The van der Waals surface area contributed by atoms with Gasteiger partial charge < -0.3 is 19.9 Å². The number of H-pyrrole nitrogens is 1. The minimum Gasteiger partial charge on any atom is -0.379 e. The number of hydrogen-bond acceptors (Lipinski definition) is 3. The number of aromatic nitrogens is 1. The van der Waals surface area contributed by atoms with Gasteiger partial charge in [-0.3, -0.25) is 9.89 Å². The first-order valence-corrected chi connectivity index (χ1v) is 10.7. The van der Waals surface area contributed by atoms with Crippen LogP contribution in [0.4, 0.5) is 0 Å². The molecule has 2 N–H and O–H groups in total. The number of ether oxygens (including phenoxy) is 1. The lowest BCUT2D eigenvalue weighted by Gasteiger charge is -2.32. The van der Waals surface area contributed by atoms with Gasteiger partial charge in [0.2, 0.25) is 0 Å². The van der Waals surface area contributed by atoms with Gasteiger partial charge in [-0.1, -0.05) is 18.2 Å². The van der Waals surface area contributed by atoms with Gasteiger partial charge in [0.05, 0.1) is 13.2 Å². The van der Waals surface area contributed by atoms with Crippen molar-refractivity contribution in [3.8, 4) is 0 Å². The lowest BCUT2D eigenvalue weighted by atomic mass is 10.1. The highest BCUT2D eigenvalue weighted by atomic mass is 16.5. The molecule has 1 atom stereocenters. The number of likely N-dealkylation sites (tertiary alicyclic amines) is 1. The second-order valence-electron chi connectivity index (χ2n) is 7.80. The van der Waals surface area contributed by atoms with Crippen LogP contribution in [-0.2, 0) is 11.2 Å². The summed E-state index contributed by atoms with van der Waals surface area (Å²) in [5.74, 6) is 1.07. The van der Waals surface area contributed by atoms with Gasteiger partial charge >= 0.3 is 0 Å². The molecular formula is C22H33N5O. The third-order valence-electron chi connectivity index (χ3n) is 6.01. The van der Waals surface area contributed by atoms with Gasteiger partial charge in [0.25, 0.3) is 0 Å². The average Bonchev–Trinajstić information content (AvgIpc) is 3.33. The fourth-order valence-corrected chi connectivity index (χ4v) is 4.53. The number of guanidine groups is 1. The number of hydrogen-bond donors (Lipinski definition) is 2. The van der Waals surface area contributed by atoms with Crippen molar-refractivity contribution in [1.82, 2.24) is 20.1 Å². The minimum absolute atomic E-state index is 0.628. The van der Waals surface area contributed by atoms with Crippen molar-refractivity contribution in [2.45, 2.75) is 32.7 Å². The lowest BCUT2D eigenvalue weighted by molar-refractivity contribution is 0.0195. The second-order valence-corrected chi connectivity index (χ2v) is 7.80. The zero-order valence-corrected chi connectivity index (χ0v) is 17.2. The molecule has 0 bridgehead atoms. The summed E-state index contributed by atoms with van der Waals surface area (Å²) in [6.45, 7) is 12.0. The van der Waals surface area contributed by atoms with E-state index in [-0.39, 0.29) is 0 Å². The van der Waals surface area contributed by atoms with Crippen LogP contribution < -0.4 is 5.32 Å². The molecule has 0 radical (unpaired) electrons. The van der Waals surface area contributed by atoms with E-state index in [1.807, 2.05) is 0 Å².